The Balaban J connectivity index is 1.61. The Hall–Kier alpha value is -3.57. The van der Waals surface area contributed by atoms with Crippen molar-refractivity contribution in [2.75, 3.05) is 18.5 Å². The fourth-order valence-electron chi connectivity index (χ4n) is 3.69. The Morgan fingerprint density at radius 1 is 0.909 bits per heavy atom. The highest BCUT2D eigenvalue weighted by Crippen LogP contribution is 2.31. The summed E-state index contributed by atoms with van der Waals surface area (Å²) in [6.45, 7) is 2.93. The minimum Gasteiger partial charge on any atom is -0.494 e. The summed E-state index contributed by atoms with van der Waals surface area (Å²) in [5.41, 5.74) is 3.04. The van der Waals surface area contributed by atoms with Crippen molar-refractivity contribution in [3.05, 3.63) is 101 Å². The van der Waals surface area contributed by atoms with Gasteiger partial charge in [-0.05, 0) is 48.2 Å². The standard InChI is InChI=1S/C27H25ClN2O3/c1-2-17-33-23-10-6-9-22(18-23)29-25-24(20-7-4-3-5-8-20)26(31)30(27(25)32)16-15-19-11-13-21(28)14-12-19/h3-14,18,29H,2,15-17H2,1H3. The molecule has 1 N–H and O–H groups in total. The molecule has 0 fully saturated rings. The Morgan fingerprint density at radius 2 is 1.67 bits per heavy atom. The second-order valence-electron chi connectivity index (χ2n) is 7.76. The highest BCUT2D eigenvalue weighted by Gasteiger charge is 2.38. The fourth-order valence-corrected chi connectivity index (χ4v) is 3.81. The number of benzene rings is 3. The van der Waals surface area contributed by atoms with Crippen LogP contribution in [0.3, 0.4) is 0 Å². The molecule has 6 heteroatoms. The molecule has 0 radical (unpaired) electrons. The maximum atomic E-state index is 13.4. The molecular weight excluding hydrogens is 436 g/mol. The van der Waals surface area contributed by atoms with E-state index in [-0.39, 0.29) is 24.1 Å². The van der Waals surface area contributed by atoms with Crippen molar-refractivity contribution in [2.24, 2.45) is 0 Å². The van der Waals surface area contributed by atoms with Crippen LogP contribution in [0.4, 0.5) is 5.69 Å². The van der Waals surface area contributed by atoms with E-state index < -0.39 is 0 Å². The van der Waals surface area contributed by atoms with Gasteiger partial charge in [0.2, 0.25) is 0 Å². The summed E-state index contributed by atoms with van der Waals surface area (Å²) >= 11 is 5.96. The molecule has 3 aromatic rings. The Morgan fingerprint density at radius 3 is 2.39 bits per heavy atom. The number of imide groups is 1. The zero-order chi connectivity index (χ0) is 23.2. The van der Waals surface area contributed by atoms with Gasteiger partial charge < -0.3 is 10.1 Å². The van der Waals surface area contributed by atoms with Gasteiger partial charge in [-0.25, -0.2) is 0 Å². The van der Waals surface area contributed by atoms with E-state index in [1.807, 2.05) is 73.7 Å². The van der Waals surface area contributed by atoms with Crippen molar-refractivity contribution in [2.45, 2.75) is 19.8 Å². The molecule has 0 saturated heterocycles. The lowest BCUT2D eigenvalue weighted by Gasteiger charge is -2.15. The van der Waals surface area contributed by atoms with Crippen molar-refractivity contribution in [1.29, 1.82) is 0 Å². The molecular formula is C27H25ClN2O3. The van der Waals surface area contributed by atoms with Gasteiger partial charge in [-0.15, -0.1) is 0 Å². The van der Waals surface area contributed by atoms with Gasteiger partial charge in [-0.3, -0.25) is 14.5 Å². The van der Waals surface area contributed by atoms with Crippen molar-refractivity contribution >= 4 is 34.7 Å². The van der Waals surface area contributed by atoms with Gasteiger partial charge in [0.05, 0.1) is 12.2 Å². The topological polar surface area (TPSA) is 58.6 Å². The largest absolute Gasteiger partial charge is 0.494 e. The average molecular weight is 461 g/mol. The number of carbonyl (C=O) groups is 2. The lowest BCUT2D eigenvalue weighted by Crippen LogP contribution is -2.34. The van der Waals surface area contributed by atoms with Crippen molar-refractivity contribution in [1.82, 2.24) is 4.90 Å². The van der Waals surface area contributed by atoms with Crippen LogP contribution in [-0.2, 0) is 16.0 Å². The molecule has 0 bridgehead atoms. The van der Waals surface area contributed by atoms with Crippen molar-refractivity contribution < 1.29 is 14.3 Å². The van der Waals surface area contributed by atoms with E-state index in [2.05, 4.69) is 5.32 Å². The summed E-state index contributed by atoms with van der Waals surface area (Å²) in [7, 11) is 0. The lowest BCUT2D eigenvalue weighted by molar-refractivity contribution is -0.136. The minimum atomic E-state index is -0.340. The lowest BCUT2D eigenvalue weighted by atomic mass is 10.0. The van der Waals surface area contributed by atoms with Gasteiger partial charge in [0.15, 0.2) is 0 Å². The van der Waals surface area contributed by atoms with Crippen LogP contribution in [-0.4, -0.2) is 29.9 Å². The van der Waals surface area contributed by atoms with Crippen molar-refractivity contribution in [3.63, 3.8) is 0 Å². The number of hydrogen-bond donors (Lipinski definition) is 1. The number of hydrogen-bond acceptors (Lipinski definition) is 4. The molecule has 4 rings (SSSR count). The molecule has 1 aliphatic heterocycles. The third-order valence-corrected chi connectivity index (χ3v) is 5.60. The van der Waals surface area contributed by atoms with E-state index >= 15 is 0 Å². The molecule has 3 aromatic carbocycles. The van der Waals surface area contributed by atoms with Gasteiger partial charge in [-0.1, -0.05) is 67.1 Å². The maximum absolute atomic E-state index is 13.4. The fraction of sp³-hybridized carbons (Fsp3) is 0.185. The SMILES string of the molecule is CCCOc1cccc(NC2=C(c3ccccc3)C(=O)N(CCc3ccc(Cl)cc3)C2=O)c1. The molecule has 0 saturated carbocycles. The molecule has 2 amide bonds. The maximum Gasteiger partial charge on any atom is 0.278 e. The second-order valence-corrected chi connectivity index (χ2v) is 8.19. The third kappa shape index (κ3) is 5.26. The van der Waals surface area contributed by atoms with Crippen LogP contribution >= 0.6 is 11.6 Å². The first kappa shape index (κ1) is 22.6. The first-order valence-electron chi connectivity index (χ1n) is 11.0. The summed E-state index contributed by atoms with van der Waals surface area (Å²) in [6, 6.07) is 24.1. The Bertz CT molecular complexity index is 1170. The van der Waals surface area contributed by atoms with Gasteiger partial charge >= 0.3 is 0 Å². The molecule has 33 heavy (non-hydrogen) atoms. The Labute approximate surface area is 198 Å². The molecule has 0 spiro atoms. The second kappa shape index (κ2) is 10.4. The summed E-state index contributed by atoms with van der Waals surface area (Å²) in [6.07, 6.45) is 1.45. The highest BCUT2D eigenvalue weighted by atomic mass is 35.5. The number of nitrogens with zero attached hydrogens (tertiary/aromatic N) is 1. The molecule has 0 atom stereocenters. The van der Waals surface area contributed by atoms with E-state index in [9.17, 15) is 9.59 Å². The van der Waals surface area contributed by atoms with Crippen LogP contribution in [0, 0.1) is 0 Å². The molecule has 1 aliphatic rings. The van der Waals surface area contributed by atoms with E-state index in [4.69, 9.17) is 16.3 Å². The van der Waals surface area contributed by atoms with Gasteiger partial charge in [-0.2, -0.15) is 0 Å². The number of nitrogens with one attached hydrogen (secondary N) is 1. The smallest absolute Gasteiger partial charge is 0.278 e. The Kier molecular flexibility index (Phi) is 7.10. The van der Waals surface area contributed by atoms with E-state index in [1.54, 1.807) is 12.1 Å². The van der Waals surface area contributed by atoms with Crippen molar-refractivity contribution in [3.8, 4) is 5.75 Å². The minimum absolute atomic E-state index is 0.273. The number of ether oxygens (including phenoxy) is 1. The first-order valence-corrected chi connectivity index (χ1v) is 11.3. The number of carbonyl (C=O) groups excluding carboxylic acids is 2. The summed E-state index contributed by atoms with van der Waals surface area (Å²) in [5.74, 6) is 0.0637. The zero-order valence-corrected chi connectivity index (χ0v) is 19.1. The predicted molar refractivity (Wildman–Crippen MR) is 131 cm³/mol. The molecule has 168 valence electrons. The molecule has 0 unspecified atom stereocenters. The predicted octanol–water partition coefficient (Wildman–Crippen LogP) is 5.56. The summed E-state index contributed by atoms with van der Waals surface area (Å²) in [5, 5.41) is 3.84. The van der Waals surface area contributed by atoms with Crippen LogP contribution in [0.15, 0.2) is 84.6 Å². The van der Waals surface area contributed by atoms with Crippen LogP contribution in [0.1, 0.15) is 24.5 Å². The van der Waals surface area contributed by atoms with Crippen LogP contribution in [0.5, 0.6) is 5.75 Å². The van der Waals surface area contributed by atoms with E-state index in [0.29, 0.717) is 40.6 Å². The molecule has 0 aromatic heterocycles. The third-order valence-electron chi connectivity index (χ3n) is 5.34. The van der Waals surface area contributed by atoms with Crippen LogP contribution in [0.2, 0.25) is 5.02 Å². The van der Waals surface area contributed by atoms with Gasteiger partial charge in [0.25, 0.3) is 11.8 Å². The molecule has 1 heterocycles. The monoisotopic (exact) mass is 460 g/mol. The number of halogens is 1. The average Bonchev–Trinajstić information content (AvgIpc) is 3.07. The summed E-state index contributed by atoms with van der Waals surface area (Å²) < 4.78 is 5.71. The first-order chi connectivity index (χ1) is 16.1. The number of rotatable bonds is 9. The van der Waals surface area contributed by atoms with Gasteiger partial charge in [0.1, 0.15) is 11.4 Å². The normalized spacial score (nSPS) is 13.6. The van der Waals surface area contributed by atoms with Crippen LogP contribution in [0.25, 0.3) is 5.57 Å². The van der Waals surface area contributed by atoms with Gasteiger partial charge in [0, 0.05) is 23.3 Å². The highest BCUT2D eigenvalue weighted by molar-refractivity contribution is 6.36. The van der Waals surface area contributed by atoms with E-state index in [0.717, 1.165) is 12.0 Å². The zero-order valence-electron chi connectivity index (χ0n) is 18.4. The quantitative estimate of drug-likeness (QED) is 0.424. The van der Waals surface area contributed by atoms with E-state index in [1.165, 1.54) is 4.90 Å². The molecule has 0 aliphatic carbocycles. The molecule has 5 nitrogen and oxygen atoms in total. The van der Waals surface area contributed by atoms with Crippen LogP contribution < -0.4 is 10.1 Å². The number of amides is 2. The summed E-state index contributed by atoms with van der Waals surface area (Å²) in [4.78, 5) is 28.0. The number of anilines is 1.